The number of rotatable bonds is 5. The average Bonchev–Trinajstić information content (AvgIpc) is 3.30. The van der Waals surface area contributed by atoms with Crippen molar-refractivity contribution in [2.45, 2.75) is 38.4 Å². The van der Waals surface area contributed by atoms with Gasteiger partial charge in [-0.05, 0) is 37.5 Å². The predicted octanol–water partition coefficient (Wildman–Crippen LogP) is 2.75. The van der Waals surface area contributed by atoms with Crippen LogP contribution in [0.4, 0.5) is 0 Å². The smallest absolute Gasteiger partial charge is 0.237 e. The summed E-state index contributed by atoms with van der Waals surface area (Å²) >= 11 is 3.54. The highest BCUT2D eigenvalue weighted by Crippen LogP contribution is 2.25. The van der Waals surface area contributed by atoms with Gasteiger partial charge >= 0.3 is 0 Å². The van der Waals surface area contributed by atoms with Gasteiger partial charge < -0.3 is 10.6 Å². The van der Waals surface area contributed by atoms with E-state index in [1.54, 1.807) is 6.20 Å². The highest BCUT2D eigenvalue weighted by atomic mass is 79.9. The van der Waals surface area contributed by atoms with Gasteiger partial charge in [0.25, 0.3) is 0 Å². The molecule has 1 aliphatic carbocycles. The zero-order valence-electron chi connectivity index (χ0n) is 11.9. The first-order valence-corrected chi connectivity index (χ1v) is 8.00. The summed E-state index contributed by atoms with van der Waals surface area (Å²) in [5, 5.41) is 7.38. The summed E-state index contributed by atoms with van der Waals surface area (Å²) < 4.78 is 1.04. The molecule has 1 fully saturated rings. The van der Waals surface area contributed by atoms with Gasteiger partial charge in [-0.25, -0.2) is 0 Å². The number of benzene rings is 1. The van der Waals surface area contributed by atoms with Crippen LogP contribution in [0, 0.1) is 0 Å². The maximum absolute atomic E-state index is 11.9. The molecule has 110 valence electrons. The second-order valence-electron chi connectivity index (χ2n) is 5.49. The van der Waals surface area contributed by atoms with Crippen LogP contribution < -0.4 is 10.6 Å². The molecule has 3 rings (SSSR count). The van der Waals surface area contributed by atoms with E-state index in [0.29, 0.717) is 12.6 Å². The van der Waals surface area contributed by atoms with Gasteiger partial charge in [-0.1, -0.05) is 28.1 Å². The molecule has 0 saturated heterocycles. The van der Waals surface area contributed by atoms with Crippen LogP contribution in [0.15, 0.2) is 34.9 Å². The summed E-state index contributed by atoms with van der Waals surface area (Å²) in [6.45, 7) is 2.52. The Labute approximate surface area is 132 Å². The van der Waals surface area contributed by atoms with Crippen molar-refractivity contribution in [2.24, 2.45) is 0 Å². The van der Waals surface area contributed by atoms with Gasteiger partial charge in [0, 0.05) is 28.6 Å². The molecule has 0 bridgehead atoms. The van der Waals surface area contributed by atoms with E-state index in [1.807, 2.05) is 31.2 Å². The van der Waals surface area contributed by atoms with Crippen LogP contribution in [-0.2, 0) is 11.3 Å². The molecule has 1 amide bonds. The minimum absolute atomic E-state index is 0.0758. The first-order chi connectivity index (χ1) is 10.1. The third-order valence-electron chi connectivity index (χ3n) is 3.72. The van der Waals surface area contributed by atoms with Crippen LogP contribution >= 0.6 is 15.9 Å². The van der Waals surface area contributed by atoms with Crippen LogP contribution in [-0.4, -0.2) is 23.0 Å². The third kappa shape index (κ3) is 3.41. The molecular formula is C16H18BrN3O. The van der Waals surface area contributed by atoms with E-state index < -0.39 is 0 Å². The molecule has 0 radical (unpaired) electrons. The fourth-order valence-electron chi connectivity index (χ4n) is 2.25. The topological polar surface area (TPSA) is 54.0 Å². The molecule has 1 aromatic heterocycles. The van der Waals surface area contributed by atoms with Gasteiger partial charge in [0.2, 0.25) is 5.91 Å². The van der Waals surface area contributed by atoms with Gasteiger partial charge in [-0.15, -0.1) is 0 Å². The van der Waals surface area contributed by atoms with Crippen LogP contribution in [0.5, 0.6) is 0 Å². The molecule has 0 aliphatic heterocycles. The summed E-state index contributed by atoms with van der Waals surface area (Å²) in [6, 6.07) is 8.23. The lowest BCUT2D eigenvalue weighted by molar-refractivity contribution is -0.122. The monoisotopic (exact) mass is 347 g/mol. The van der Waals surface area contributed by atoms with Gasteiger partial charge in [-0.2, -0.15) is 0 Å². The van der Waals surface area contributed by atoms with E-state index in [0.717, 1.165) is 33.8 Å². The summed E-state index contributed by atoms with van der Waals surface area (Å²) in [7, 11) is 0. The van der Waals surface area contributed by atoms with Gasteiger partial charge in [0.1, 0.15) is 0 Å². The Balaban J connectivity index is 1.70. The number of aromatic nitrogens is 1. The van der Waals surface area contributed by atoms with Crippen LogP contribution in [0.3, 0.4) is 0 Å². The number of fused-ring (bicyclic) bond motifs is 1. The predicted molar refractivity (Wildman–Crippen MR) is 86.9 cm³/mol. The van der Waals surface area contributed by atoms with Crippen molar-refractivity contribution < 1.29 is 4.79 Å². The second-order valence-corrected chi connectivity index (χ2v) is 6.35. The third-order valence-corrected chi connectivity index (χ3v) is 4.41. The summed E-state index contributed by atoms with van der Waals surface area (Å²) in [5.74, 6) is 0.0758. The molecule has 2 aromatic rings. The van der Waals surface area contributed by atoms with E-state index in [9.17, 15) is 4.79 Å². The maximum atomic E-state index is 11.9. The molecule has 4 nitrogen and oxygen atoms in total. The van der Waals surface area contributed by atoms with Crippen molar-refractivity contribution in [2.75, 3.05) is 0 Å². The molecule has 2 N–H and O–H groups in total. The quantitative estimate of drug-likeness (QED) is 0.874. The fraction of sp³-hybridized carbons (Fsp3) is 0.375. The van der Waals surface area contributed by atoms with Crippen LogP contribution in [0.2, 0.25) is 0 Å². The van der Waals surface area contributed by atoms with Crippen LogP contribution in [0.1, 0.15) is 25.3 Å². The Hall–Kier alpha value is -1.46. The molecule has 5 heteroatoms. The summed E-state index contributed by atoms with van der Waals surface area (Å²) in [5.41, 5.74) is 2.06. The summed E-state index contributed by atoms with van der Waals surface area (Å²) in [6.07, 6.45) is 4.01. The SMILES string of the molecule is CC(NCc1ccc(Br)c2cccnc12)C(=O)NC1CC1. The number of hydrogen-bond acceptors (Lipinski definition) is 3. The first kappa shape index (κ1) is 14.5. The molecular weight excluding hydrogens is 330 g/mol. The molecule has 1 aliphatic rings. The number of nitrogens with zero attached hydrogens (tertiary/aromatic N) is 1. The van der Waals surface area contributed by atoms with Crippen molar-refractivity contribution in [3.05, 3.63) is 40.5 Å². The number of carbonyl (C=O) groups excluding carboxylic acids is 1. The Bertz CT molecular complexity index is 670. The Morgan fingerprint density at radius 2 is 2.24 bits per heavy atom. The molecule has 1 aromatic carbocycles. The minimum Gasteiger partial charge on any atom is -0.352 e. The van der Waals surface area contributed by atoms with Crippen molar-refractivity contribution in [1.82, 2.24) is 15.6 Å². The van der Waals surface area contributed by atoms with Crippen molar-refractivity contribution in [3.8, 4) is 0 Å². The highest BCUT2D eigenvalue weighted by Gasteiger charge is 2.25. The van der Waals surface area contributed by atoms with Crippen molar-refractivity contribution >= 4 is 32.7 Å². The molecule has 1 heterocycles. The molecule has 1 atom stereocenters. The molecule has 0 spiro atoms. The maximum Gasteiger partial charge on any atom is 0.237 e. The van der Waals surface area contributed by atoms with E-state index in [1.165, 1.54) is 0 Å². The average molecular weight is 348 g/mol. The van der Waals surface area contributed by atoms with Crippen LogP contribution in [0.25, 0.3) is 10.9 Å². The highest BCUT2D eigenvalue weighted by molar-refractivity contribution is 9.10. The van der Waals surface area contributed by atoms with E-state index in [2.05, 4.69) is 31.5 Å². The number of halogens is 1. The normalized spacial score (nSPS) is 15.9. The lowest BCUT2D eigenvalue weighted by Crippen LogP contribution is -2.42. The number of carbonyl (C=O) groups is 1. The van der Waals surface area contributed by atoms with E-state index in [4.69, 9.17) is 0 Å². The van der Waals surface area contributed by atoms with E-state index >= 15 is 0 Å². The molecule has 1 unspecified atom stereocenters. The Kier molecular flexibility index (Phi) is 4.22. The van der Waals surface area contributed by atoms with Gasteiger partial charge in [-0.3, -0.25) is 9.78 Å². The largest absolute Gasteiger partial charge is 0.352 e. The standard InChI is InChI=1S/C16H18BrN3O/c1-10(16(21)20-12-5-6-12)19-9-11-4-7-14(17)13-3-2-8-18-15(11)13/h2-4,7-8,10,12,19H,5-6,9H2,1H3,(H,20,21). The zero-order valence-corrected chi connectivity index (χ0v) is 13.5. The van der Waals surface area contributed by atoms with Gasteiger partial charge in [0.05, 0.1) is 11.6 Å². The van der Waals surface area contributed by atoms with Crippen molar-refractivity contribution in [1.29, 1.82) is 0 Å². The van der Waals surface area contributed by atoms with Crippen molar-refractivity contribution in [3.63, 3.8) is 0 Å². The number of hydrogen-bond donors (Lipinski definition) is 2. The number of nitrogens with one attached hydrogen (secondary N) is 2. The zero-order chi connectivity index (χ0) is 14.8. The Morgan fingerprint density at radius 1 is 1.43 bits per heavy atom. The summed E-state index contributed by atoms with van der Waals surface area (Å²) in [4.78, 5) is 16.4. The number of pyridine rings is 1. The molecule has 21 heavy (non-hydrogen) atoms. The Morgan fingerprint density at radius 3 is 3.00 bits per heavy atom. The lowest BCUT2D eigenvalue weighted by Gasteiger charge is -2.15. The molecule has 1 saturated carbocycles. The number of amides is 1. The first-order valence-electron chi connectivity index (χ1n) is 7.21. The fourth-order valence-corrected chi connectivity index (χ4v) is 2.70. The van der Waals surface area contributed by atoms with Gasteiger partial charge in [0.15, 0.2) is 0 Å². The second kappa shape index (κ2) is 6.12. The minimum atomic E-state index is -0.201. The van der Waals surface area contributed by atoms with E-state index in [-0.39, 0.29) is 11.9 Å². The lowest BCUT2D eigenvalue weighted by atomic mass is 10.1.